The molecule has 1 fully saturated rings. The maximum atomic E-state index is 12.3. The number of nitrogens with one attached hydrogen (secondary N) is 1. The molecular weight excluding hydrogens is 346 g/mol. The lowest BCUT2D eigenvalue weighted by Gasteiger charge is -2.06. The summed E-state index contributed by atoms with van der Waals surface area (Å²) >= 11 is 0.450. The third-order valence-electron chi connectivity index (χ3n) is 3.93. The maximum absolute atomic E-state index is 12.3. The van der Waals surface area contributed by atoms with Gasteiger partial charge in [-0.15, -0.1) is 0 Å². The molecule has 0 atom stereocenters. The fraction of sp³-hybridized carbons (Fsp3) is 0.222. The van der Waals surface area contributed by atoms with Gasteiger partial charge in [-0.25, -0.2) is 4.98 Å². The van der Waals surface area contributed by atoms with Crippen LogP contribution in [0, 0.1) is 0 Å². The van der Waals surface area contributed by atoms with Crippen LogP contribution in [0.2, 0.25) is 0 Å². The molecule has 0 radical (unpaired) electrons. The normalized spacial score (nSPS) is 14.2. The molecule has 7 heteroatoms. The second-order valence-corrected chi connectivity index (χ2v) is 6.93. The first-order valence-electron chi connectivity index (χ1n) is 7.85. The number of aromatic nitrogens is 1. The third-order valence-corrected chi connectivity index (χ3v) is 4.65. The number of oxazole rings is 1. The molecule has 25 heavy (non-hydrogen) atoms. The van der Waals surface area contributed by atoms with Crippen LogP contribution in [0.1, 0.15) is 35.0 Å². The smallest absolute Gasteiger partial charge is 0.288 e. The second kappa shape index (κ2) is 6.48. The number of thioether (sulfide) groups is 1. The zero-order chi connectivity index (χ0) is 17.4. The first-order chi connectivity index (χ1) is 12.1. The van der Waals surface area contributed by atoms with Crippen molar-refractivity contribution in [3.05, 3.63) is 53.9 Å². The van der Waals surface area contributed by atoms with Crippen molar-refractivity contribution in [1.29, 1.82) is 0 Å². The highest BCUT2D eigenvalue weighted by molar-refractivity contribution is 7.99. The number of fused-ring (bicyclic) bond motifs is 1. The zero-order valence-corrected chi connectivity index (χ0v) is 13.9. The number of hydrogen-bond acceptors (Lipinski definition) is 4. The molecule has 3 aromatic rings. The molecule has 4 rings (SSSR count). The fourth-order valence-corrected chi connectivity index (χ4v) is 3.02. The standard InChI is InChI=1S/C18H14F2N2O2S/c19-18(20)25-13-6-3-10(4-7-13)16(23)21-12-5-8-15-14(9-12)22-17(24-15)11-1-2-11/h3-9,11,18H,1-2H2,(H,21,23). The summed E-state index contributed by atoms with van der Waals surface area (Å²) in [5, 5.41) is 2.79. The first kappa shape index (κ1) is 16.1. The number of benzene rings is 2. The van der Waals surface area contributed by atoms with E-state index in [4.69, 9.17) is 4.42 Å². The van der Waals surface area contributed by atoms with Crippen molar-refractivity contribution >= 4 is 34.5 Å². The predicted molar refractivity (Wildman–Crippen MR) is 92.2 cm³/mol. The quantitative estimate of drug-likeness (QED) is 0.630. The van der Waals surface area contributed by atoms with Crippen LogP contribution < -0.4 is 5.32 Å². The molecule has 0 saturated heterocycles. The number of amides is 1. The number of anilines is 1. The van der Waals surface area contributed by atoms with Gasteiger partial charge in [0.2, 0.25) is 0 Å². The first-order valence-corrected chi connectivity index (χ1v) is 8.73. The van der Waals surface area contributed by atoms with Gasteiger partial charge in [0.1, 0.15) is 5.52 Å². The van der Waals surface area contributed by atoms with E-state index in [9.17, 15) is 13.6 Å². The molecule has 0 unspecified atom stereocenters. The van der Waals surface area contributed by atoms with Gasteiger partial charge < -0.3 is 9.73 Å². The molecule has 1 saturated carbocycles. The summed E-state index contributed by atoms with van der Waals surface area (Å²) in [5.41, 5.74) is 2.42. The SMILES string of the molecule is O=C(Nc1ccc2oc(C3CC3)nc2c1)c1ccc(SC(F)F)cc1. The Kier molecular flexibility index (Phi) is 4.17. The van der Waals surface area contributed by atoms with Gasteiger partial charge in [0, 0.05) is 22.1 Å². The van der Waals surface area contributed by atoms with Crippen LogP contribution in [0.3, 0.4) is 0 Å². The molecule has 2 aromatic carbocycles. The van der Waals surface area contributed by atoms with Crippen molar-refractivity contribution in [3.8, 4) is 0 Å². The van der Waals surface area contributed by atoms with Crippen molar-refractivity contribution in [2.75, 3.05) is 5.32 Å². The van der Waals surface area contributed by atoms with Gasteiger partial charge in [-0.05, 0) is 55.3 Å². The van der Waals surface area contributed by atoms with Gasteiger partial charge in [-0.2, -0.15) is 8.78 Å². The van der Waals surface area contributed by atoms with Crippen LogP contribution in [-0.2, 0) is 0 Å². The van der Waals surface area contributed by atoms with Crippen molar-refractivity contribution in [2.45, 2.75) is 29.4 Å². The van der Waals surface area contributed by atoms with Crippen LogP contribution in [0.15, 0.2) is 51.8 Å². The topological polar surface area (TPSA) is 55.1 Å². The minimum Gasteiger partial charge on any atom is -0.440 e. The van der Waals surface area contributed by atoms with Crippen LogP contribution in [0.5, 0.6) is 0 Å². The van der Waals surface area contributed by atoms with Crippen molar-refractivity contribution in [3.63, 3.8) is 0 Å². The highest BCUT2D eigenvalue weighted by atomic mass is 32.2. The van der Waals surface area contributed by atoms with Crippen LogP contribution >= 0.6 is 11.8 Å². The Balaban J connectivity index is 1.48. The number of carbonyl (C=O) groups excluding carboxylic acids is 1. The van der Waals surface area contributed by atoms with Gasteiger partial charge in [-0.3, -0.25) is 4.79 Å². The molecule has 1 amide bonds. The summed E-state index contributed by atoms with van der Waals surface area (Å²) in [7, 11) is 0. The van der Waals surface area contributed by atoms with Gasteiger partial charge >= 0.3 is 0 Å². The van der Waals surface area contributed by atoms with E-state index in [0.29, 0.717) is 44.9 Å². The van der Waals surface area contributed by atoms with Gasteiger partial charge in [-0.1, -0.05) is 11.8 Å². The summed E-state index contributed by atoms with van der Waals surface area (Å²) in [6.45, 7) is 0. The fourth-order valence-electron chi connectivity index (χ4n) is 2.52. The molecule has 1 N–H and O–H groups in total. The number of hydrogen-bond donors (Lipinski definition) is 1. The van der Waals surface area contributed by atoms with E-state index in [-0.39, 0.29) is 5.91 Å². The summed E-state index contributed by atoms with van der Waals surface area (Å²) in [5.74, 6) is -1.60. The monoisotopic (exact) mass is 360 g/mol. The molecule has 4 nitrogen and oxygen atoms in total. The zero-order valence-electron chi connectivity index (χ0n) is 13.0. The predicted octanol–water partition coefficient (Wildman–Crippen LogP) is 5.27. The highest BCUT2D eigenvalue weighted by Crippen LogP contribution is 2.40. The summed E-state index contributed by atoms with van der Waals surface area (Å²) in [6, 6.07) is 11.4. The summed E-state index contributed by atoms with van der Waals surface area (Å²) in [6.07, 6.45) is 2.21. The van der Waals surface area contributed by atoms with Gasteiger partial charge in [0.25, 0.3) is 11.7 Å². The molecule has 0 bridgehead atoms. The van der Waals surface area contributed by atoms with E-state index in [1.807, 2.05) is 0 Å². The Labute approximate surface area is 146 Å². The lowest BCUT2D eigenvalue weighted by molar-refractivity contribution is 0.102. The number of nitrogens with zero attached hydrogens (tertiary/aromatic N) is 1. The lowest BCUT2D eigenvalue weighted by Crippen LogP contribution is -2.11. The number of halogens is 2. The average Bonchev–Trinajstić information content (AvgIpc) is 3.34. The van der Waals surface area contributed by atoms with Crippen LogP contribution in [-0.4, -0.2) is 16.6 Å². The number of rotatable bonds is 5. The Morgan fingerprint density at radius 1 is 1.20 bits per heavy atom. The van der Waals surface area contributed by atoms with Crippen LogP contribution in [0.25, 0.3) is 11.1 Å². The molecule has 1 aromatic heterocycles. The average molecular weight is 360 g/mol. The molecule has 1 aliphatic rings. The Bertz CT molecular complexity index is 920. The second-order valence-electron chi connectivity index (χ2n) is 5.87. The Morgan fingerprint density at radius 3 is 2.64 bits per heavy atom. The number of alkyl halides is 2. The molecule has 0 aliphatic heterocycles. The minimum atomic E-state index is -2.48. The van der Waals surface area contributed by atoms with Crippen molar-refractivity contribution < 1.29 is 18.0 Å². The Hall–Kier alpha value is -2.41. The van der Waals surface area contributed by atoms with E-state index in [1.165, 1.54) is 24.3 Å². The highest BCUT2D eigenvalue weighted by Gasteiger charge is 2.28. The van der Waals surface area contributed by atoms with E-state index >= 15 is 0 Å². The molecule has 1 heterocycles. The van der Waals surface area contributed by atoms with E-state index in [0.717, 1.165) is 18.7 Å². The maximum Gasteiger partial charge on any atom is 0.288 e. The Morgan fingerprint density at radius 2 is 1.96 bits per heavy atom. The third kappa shape index (κ3) is 3.66. The van der Waals surface area contributed by atoms with E-state index < -0.39 is 5.76 Å². The van der Waals surface area contributed by atoms with Gasteiger partial charge in [0.15, 0.2) is 11.5 Å². The van der Waals surface area contributed by atoms with E-state index in [1.54, 1.807) is 18.2 Å². The van der Waals surface area contributed by atoms with Crippen molar-refractivity contribution in [1.82, 2.24) is 4.98 Å². The molecular formula is C18H14F2N2O2S. The molecule has 1 aliphatic carbocycles. The van der Waals surface area contributed by atoms with Crippen LogP contribution in [0.4, 0.5) is 14.5 Å². The lowest BCUT2D eigenvalue weighted by atomic mass is 10.2. The van der Waals surface area contributed by atoms with Crippen molar-refractivity contribution in [2.24, 2.45) is 0 Å². The van der Waals surface area contributed by atoms with E-state index in [2.05, 4.69) is 10.3 Å². The summed E-state index contributed by atoms with van der Waals surface area (Å²) in [4.78, 5) is 17.2. The minimum absolute atomic E-state index is 0.307. The number of carbonyl (C=O) groups is 1. The molecule has 128 valence electrons. The van der Waals surface area contributed by atoms with Gasteiger partial charge in [0.05, 0.1) is 0 Å². The summed E-state index contributed by atoms with van der Waals surface area (Å²) < 4.78 is 30.3. The largest absolute Gasteiger partial charge is 0.440 e. The molecule has 0 spiro atoms.